The zero-order valence-electron chi connectivity index (χ0n) is 6.83. The van der Waals surface area contributed by atoms with Crippen molar-refractivity contribution in [2.24, 2.45) is 5.73 Å². The fraction of sp³-hybridized carbons (Fsp3) is 0.400. The molecule has 64 valence electrons. The molecular weight excluding hydrogens is 153 g/mol. The molecule has 0 saturated heterocycles. The van der Waals surface area contributed by atoms with E-state index in [4.69, 9.17) is 5.73 Å². The molecule has 2 N–H and O–H groups in total. The molecule has 1 nitrogen and oxygen atoms in total. The maximum atomic E-state index is 12.5. The summed E-state index contributed by atoms with van der Waals surface area (Å²) in [6, 6.07) is 7.09. The monoisotopic (exact) mass is 165 g/mol. The van der Waals surface area contributed by atoms with Crippen LogP contribution in [0.1, 0.15) is 24.3 Å². The molecule has 0 aromatic heterocycles. The van der Waals surface area contributed by atoms with E-state index in [0.29, 0.717) is 12.0 Å². The summed E-state index contributed by atoms with van der Waals surface area (Å²) in [5.41, 5.74) is 6.88. The molecule has 1 saturated carbocycles. The van der Waals surface area contributed by atoms with Gasteiger partial charge in [0.15, 0.2) is 0 Å². The van der Waals surface area contributed by atoms with Crippen LogP contribution in [0.2, 0.25) is 0 Å². The van der Waals surface area contributed by atoms with Gasteiger partial charge >= 0.3 is 0 Å². The third-order valence-corrected chi connectivity index (χ3v) is 2.52. The van der Waals surface area contributed by atoms with Gasteiger partial charge in [-0.2, -0.15) is 0 Å². The molecule has 0 spiro atoms. The lowest BCUT2D eigenvalue weighted by Gasteiger charge is -2.32. The molecule has 0 bridgehead atoms. The van der Waals surface area contributed by atoms with Crippen molar-refractivity contribution in [3.8, 4) is 0 Å². The van der Waals surface area contributed by atoms with Gasteiger partial charge < -0.3 is 5.73 Å². The van der Waals surface area contributed by atoms with Crippen LogP contribution in [-0.2, 0) is 0 Å². The first-order valence-corrected chi connectivity index (χ1v) is 4.27. The van der Waals surface area contributed by atoms with E-state index in [9.17, 15) is 4.39 Å². The summed E-state index contributed by atoms with van der Waals surface area (Å²) >= 11 is 0. The average Bonchev–Trinajstić information content (AvgIpc) is 2.01. The summed E-state index contributed by atoms with van der Waals surface area (Å²) in [6.45, 7) is 0. The summed E-state index contributed by atoms with van der Waals surface area (Å²) in [4.78, 5) is 0. The Labute approximate surface area is 71.4 Å². The van der Waals surface area contributed by atoms with E-state index >= 15 is 0 Å². The van der Waals surface area contributed by atoms with E-state index in [1.54, 1.807) is 0 Å². The molecule has 0 amide bonds. The van der Waals surface area contributed by atoms with Crippen molar-refractivity contribution >= 4 is 0 Å². The lowest BCUT2D eigenvalue weighted by atomic mass is 9.76. The highest BCUT2D eigenvalue weighted by Gasteiger charge is 2.26. The molecule has 0 unspecified atom stereocenters. The third kappa shape index (κ3) is 1.34. The van der Waals surface area contributed by atoms with Crippen LogP contribution in [0.5, 0.6) is 0 Å². The SMILES string of the molecule is N[C@H]1C[C@@H](c2ccc(F)cc2)C1. The first-order valence-electron chi connectivity index (χ1n) is 4.27. The van der Waals surface area contributed by atoms with Gasteiger partial charge in [0, 0.05) is 6.04 Å². The minimum absolute atomic E-state index is 0.164. The van der Waals surface area contributed by atoms with Gasteiger partial charge in [-0.3, -0.25) is 0 Å². The maximum Gasteiger partial charge on any atom is 0.123 e. The summed E-state index contributed by atoms with van der Waals surface area (Å²) < 4.78 is 12.5. The number of hydrogen-bond acceptors (Lipinski definition) is 1. The number of nitrogens with two attached hydrogens (primary N) is 1. The van der Waals surface area contributed by atoms with Crippen LogP contribution in [0.4, 0.5) is 4.39 Å². The quantitative estimate of drug-likeness (QED) is 0.677. The fourth-order valence-electron chi connectivity index (χ4n) is 1.67. The summed E-state index contributed by atoms with van der Waals surface area (Å²) in [5, 5.41) is 0. The molecule has 1 aromatic rings. The average molecular weight is 165 g/mol. The Morgan fingerprint density at radius 3 is 2.25 bits per heavy atom. The largest absolute Gasteiger partial charge is 0.328 e. The smallest absolute Gasteiger partial charge is 0.123 e. The van der Waals surface area contributed by atoms with Crippen LogP contribution < -0.4 is 5.73 Å². The Balaban J connectivity index is 2.09. The zero-order chi connectivity index (χ0) is 8.55. The van der Waals surface area contributed by atoms with Crippen LogP contribution in [-0.4, -0.2) is 6.04 Å². The van der Waals surface area contributed by atoms with Gasteiger partial charge in [0.05, 0.1) is 0 Å². The van der Waals surface area contributed by atoms with Gasteiger partial charge in [0.1, 0.15) is 5.82 Å². The second-order valence-corrected chi connectivity index (χ2v) is 3.48. The number of halogens is 1. The number of hydrogen-bond donors (Lipinski definition) is 1. The second kappa shape index (κ2) is 2.87. The van der Waals surface area contributed by atoms with Crippen molar-refractivity contribution in [1.29, 1.82) is 0 Å². The van der Waals surface area contributed by atoms with Crippen molar-refractivity contribution < 1.29 is 4.39 Å². The van der Waals surface area contributed by atoms with Crippen LogP contribution in [0.25, 0.3) is 0 Å². The van der Waals surface area contributed by atoms with Gasteiger partial charge in [0.2, 0.25) is 0 Å². The van der Waals surface area contributed by atoms with Gasteiger partial charge in [-0.05, 0) is 36.5 Å². The minimum atomic E-state index is -0.164. The van der Waals surface area contributed by atoms with Crippen LogP contribution in [0.3, 0.4) is 0 Å². The molecule has 0 atom stereocenters. The Bertz CT molecular complexity index is 262. The summed E-state index contributed by atoms with van der Waals surface area (Å²) in [5.74, 6) is 0.406. The Hall–Kier alpha value is -0.890. The maximum absolute atomic E-state index is 12.5. The van der Waals surface area contributed by atoms with Gasteiger partial charge in [0.25, 0.3) is 0 Å². The zero-order valence-corrected chi connectivity index (χ0v) is 6.83. The van der Waals surface area contributed by atoms with Crippen molar-refractivity contribution in [2.75, 3.05) is 0 Å². The second-order valence-electron chi connectivity index (χ2n) is 3.48. The topological polar surface area (TPSA) is 26.0 Å². The summed E-state index contributed by atoms with van der Waals surface area (Å²) in [6.07, 6.45) is 2.09. The van der Waals surface area contributed by atoms with Crippen molar-refractivity contribution in [2.45, 2.75) is 24.8 Å². The van der Waals surface area contributed by atoms with E-state index in [-0.39, 0.29) is 5.82 Å². The molecule has 0 radical (unpaired) electrons. The summed E-state index contributed by atoms with van der Waals surface area (Å²) in [7, 11) is 0. The molecular formula is C10H12FN. The van der Waals surface area contributed by atoms with E-state index in [1.807, 2.05) is 12.1 Å². The van der Waals surface area contributed by atoms with Crippen molar-refractivity contribution in [3.63, 3.8) is 0 Å². The van der Waals surface area contributed by atoms with E-state index in [0.717, 1.165) is 12.8 Å². The van der Waals surface area contributed by atoms with Crippen LogP contribution in [0, 0.1) is 5.82 Å². The van der Waals surface area contributed by atoms with Gasteiger partial charge in [-0.1, -0.05) is 12.1 Å². The Morgan fingerprint density at radius 2 is 1.75 bits per heavy atom. The number of benzene rings is 1. The van der Waals surface area contributed by atoms with E-state index in [2.05, 4.69) is 0 Å². The lowest BCUT2D eigenvalue weighted by Crippen LogP contribution is -2.34. The minimum Gasteiger partial charge on any atom is -0.328 e. The molecule has 2 rings (SSSR count). The molecule has 0 aliphatic heterocycles. The third-order valence-electron chi connectivity index (χ3n) is 2.52. The Kier molecular flexibility index (Phi) is 1.85. The molecule has 1 aliphatic rings. The molecule has 1 fully saturated rings. The molecule has 1 aromatic carbocycles. The van der Waals surface area contributed by atoms with E-state index in [1.165, 1.54) is 17.7 Å². The van der Waals surface area contributed by atoms with Crippen molar-refractivity contribution in [1.82, 2.24) is 0 Å². The number of rotatable bonds is 1. The highest BCUT2D eigenvalue weighted by atomic mass is 19.1. The molecule has 1 aliphatic carbocycles. The van der Waals surface area contributed by atoms with Gasteiger partial charge in [-0.25, -0.2) is 4.39 Å². The standard InChI is InChI=1S/C10H12FN/c11-9-3-1-7(2-4-9)8-5-10(12)6-8/h1-4,8,10H,5-6,12H2/t8-,10+. The first kappa shape index (κ1) is 7.74. The lowest BCUT2D eigenvalue weighted by molar-refractivity contribution is 0.351. The van der Waals surface area contributed by atoms with Crippen LogP contribution in [0.15, 0.2) is 24.3 Å². The predicted molar refractivity (Wildman–Crippen MR) is 46.4 cm³/mol. The fourth-order valence-corrected chi connectivity index (χ4v) is 1.67. The highest BCUT2D eigenvalue weighted by molar-refractivity contribution is 5.23. The van der Waals surface area contributed by atoms with Crippen LogP contribution >= 0.6 is 0 Å². The first-order chi connectivity index (χ1) is 5.75. The Morgan fingerprint density at radius 1 is 1.17 bits per heavy atom. The highest BCUT2D eigenvalue weighted by Crippen LogP contribution is 2.35. The van der Waals surface area contributed by atoms with Gasteiger partial charge in [-0.15, -0.1) is 0 Å². The van der Waals surface area contributed by atoms with E-state index < -0.39 is 0 Å². The molecule has 2 heteroatoms. The van der Waals surface area contributed by atoms with Crippen molar-refractivity contribution in [3.05, 3.63) is 35.6 Å². The molecule has 0 heterocycles. The molecule has 12 heavy (non-hydrogen) atoms. The normalized spacial score (nSPS) is 28.2. The predicted octanol–water partition coefficient (Wildman–Crippen LogP) is 2.03.